The van der Waals surface area contributed by atoms with Crippen molar-refractivity contribution in [1.82, 2.24) is 9.78 Å². The molecule has 3 heteroatoms. The SMILES string of the molecule is CCn1nc2c(O)cccc2c1C. The molecule has 1 N–H and O–H groups in total. The van der Waals surface area contributed by atoms with Gasteiger partial charge in [-0.1, -0.05) is 12.1 Å². The van der Waals surface area contributed by atoms with E-state index in [9.17, 15) is 5.11 Å². The van der Waals surface area contributed by atoms with Crippen molar-refractivity contribution in [1.29, 1.82) is 0 Å². The molecule has 0 aliphatic rings. The summed E-state index contributed by atoms with van der Waals surface area (Å²) in [5, 5.41) is 14.9. The zero-order valence-electron chi connectivity index (χ0n) is 7.78. The number of fused-ring (bicyclic) bond motifs is 1. The molecule has 1 heterocycles. The Morgan fingerprint density at radius 2 is 2.23 bits per heavy atom. The molecule has 0 spiro atoms. The third-order valence-corrected chi connectivity index (χ3v) is 2.31. The first-order valence-corrected chi connectivity index (χ1v) is 4.39. The zero-order chi connectivity index (χ0) is 9.42. The van der Waals surface area contributed by atoms with Gasteiger partial charge in [0.05, 0.1) is 0 Å². The summed E-state index contributed by atoms with van der Waals surface area (Å²) in [5.41, 5.74) is 1.80. The fraction of sp³-hybridized carbons (Fsp3) is 0.300. The second-order valence-corrected chi connectivity index (χ2v) is 3.07. The van der Waals surface area contributed by atoms with Crippen molar-refractivity contribution >= 4 is 10.9 Å². The lowest BCUT2D eigenvalue weighted by Gasteiger charge is -1.96. The van der Waals surface area contributed by atoms with E-state index in [1.807, 2.05) is 30.7 Å². The summed E-state index contributed by atoms with van der Waals surface area (Å²) < 4.78 is 1.89. The third-order valence-electron chi connectivity index (χ3n) is 2.31. The number of aryl methyl sites for hydroxylation is 2. The molecule has 13 heavy (non-hydrogen) atoms. The summed E-state index contributed by atoms with van der Waals surface area (Å²) in [6, 6.07) is 5.48. The van der Waals surface area contributed by atoms with E-state index in [1.54, 1.807) is 6.07 Å². The quantitative estimate of drug-likeness (QED) is 0.722. The maximum Gasteiger partial charge on any atom is 0.143 e. The smallest absolute Gasteiger partial charge is 0.143 e. The van der Waals surface area contributed by atoms with Gasteiger partial charge in [0.2, 0.25) is 0 Å². The van der Waals surface area contributed by atoms with Crippen LogP contribution in [0.3, 0.4) is 0 Å². The molecular formula is C10H12N2O. The highest BCUT2D eigenvalue weighted by atomic mass is 16.3. The normalized spacial score (nSPS) is 10.9. The number of benzene rings is 1. The summed E-state index contributed by atoms with van der Waals surface area (Å²) in [7, 11) is 0. The number of rotatable bonds is 1. The predicted molar refractivity (Wildman–Crippen MR) is 51.8 cm³/mol. The summed E-state index contributed by atoms with van der Waals surface area (Å²) in [4.78, 5) is 0. The number of phenols is 1. The summed E-state index contributed by atoms with van der Waals surface area (Å²) >= 11 is 0. The zero-order valence-corrected chi connectivity index (χ0v) is 7.78. The average molecular weight is 176 g/mol. The lowest BCUT2D eigenvalue weighted by molar-refractivity contribution is 0.479. The Bertz CT molecular complexity index is 445. The lowest BCUT2D eigenvalue weighted by Crippen LogP contribution is -1.97. The molecule has 0 radical (unpaired) electrons. The van der Waals surface area contributed by atoms with Crippen molar-refractivity contribution < 1.29 is 5.11 Å². The Hall–Kier alpha value is -1.51. The molecule has 1 aromatic heterocycles. The van der Waals surface area contributed by atoms with Crippen molar-refractivity contribution in [2.45, 2.75) is 20.4 Å². The Kier molecular flexibility index (Phi) is 1.72. The van der Waals surface area contributed by atoms with Gasteiger partial charge in [0.15, 0.2) is 0 Å². The van der Waals surface area contributed by atoms with Gasteiger partial charge >= 0.3 is 0 Å². The molecule has 0 atom stereocenters. The highest BCUT2D eigenvalue weighted by Crippen LogP contribution is 2.25. The van der Waals surface area contributed by atoms with Crippen LogP contribution < -0.4 is 0 Å². The number of aromatic hydroxyl groups is 1. The minimum Gasteiger partial charge on any atom is -0.506 e. The van der Waals surface area contributed by atoms with Crippen molar-refractivity contribution in [3.8, 4) is 5.75 Å². The van der Waals surface area contributed by atoms with E-state index in [0.717, 1.165) is 17.6 Å². The van der Waals surface area contributed by atoms with E-state index in [4.69, 9.17) is 0 Å². The van der Waals surface area contributed by atoms with Crippen molar-refractivity contribution in [2.24, 2.45) is 0 Å². The number of phenolic OH excluding ortho intramolecular Hbond substituents is 1. The largest absolute Gasteiger partial charge is 0.506 e. The van der Waals surface area contributed by atoms with Gasteiger partial charge < -0.3 is 5.11 Å². The summed E-state index contributed by atoms with van der Waals surface area (Å²) in [6.45, 7) is 4.88. The molecule has 0 bridgehead atoms. The van der Waals surface area contributed by atoms with Gasteiger partial charge in [0.25, 0.3) is 0 Å². The van der Waals surface area contributed by atoms with Gasteiger partial charge in [-0.3, -0.25) is 4.68 Å². The van der Waals surface area contributed by atoms with E-state index in [0.29, 0.717) is 5.52 Å². The highest BCUT2D eigenvalue weighted by Gasteiger charge is 2.08. The molecule has 3 nitrogen and oxygen atoms in total. The fourth-order valence-electron chi connectivity index (χ4n) is 1.57. The van der Waals surface area contributed by atoms with Crippen LogP contribution >= 0.6 is 0 Å². The van der Waals surface area contributed by atoms with Crippen LogP contribution in [0, 0.1) is 6.92 Å². The minimum absolute atomic E-state index is 0.257. The first-order valence-electron chi connectivity index (χ1n) is 4.39. The van der Waals surface area contributed by atoms with Crippen LogP contribution in [0.15, 0.2) is 18.2 Å². The number of hydrogen-bond acceptors (Lipinski definition) is 2. The first-order chi connectivity index (χ1) is 6.24. The molecule has 0 saturated heterocycles. The van der Waals surface area contributed by atoms with Gasteiger partial charge in [-0.25, -0.2) is 0 Å². The molecule has 0 aliphatic carbocycles. The van der Waals surface area contributed by atoms with E-state index in [2.05, 4.69) is 5.10 Å². The van der Waals surface area contributed by atoms with Crippen LogP contribution in [-0.4, -0.2) is 14.9 Å². The maximum absolute atomic E-state index is 9.53. The maximum atomic E-state index is 9.53. The molecule has 0 saturated carbocycles. The Balaban J connectivity index is 2.83. The van der Waals surface area contributed by atoms with Crippen molar-refractivity contribution in [3.63, 3.8) is 0 Å². The molecule has 0 fully saturated rings. The minimum atomic E-state index is 0.257. The monoisotopic (exact) mass is 176 g/mol. The third kappa shape index (κ3) is 1.08. The van der Waals surface area contributed by atoms with Gasteiger partial charge in [-0.2, -0.15) is 5.10 Å². The molecule has 0 amide bonds. The van der Waals surface area contributed by atoms with Crippen molar-refractivity contribution in [3.05, 3.63) is 23.9 Å². The summed E-state index contributed by atoms with van der Waals surface area (Å²) in [5.74, 6) is 0.257. The van der Waals surface area contributed by atoms with Crippen LogP contribution in [0.1, 0.15) is 12.6 Å². The van der Waals surface area contributed by atoms with Crippen LogP contribution in [0.25, 0.3) is 10.9 Å². The van der Waals surface area contributed by atoms with E-state index < -0.39 is 0 Å². The Labute approximate surface area is 76.6 Å². The molecule has 0 aliphatic heterocycles. The van der Waals surface area contributed by atoms with Gasteiger partial charge in [0.1, 0.15) is 11.3 Å². The van der Waals surface area contributed by atoms with Crippen LogP contribution in [0.2, 0.25) is 0 Å². The molecular weight excluding hydrogens is 164 g/mol. The molecule has 2 aromatic rings. The summed E-state index contributed by atoms with van der Waals surface area (Å²) in [6.07, 6.45) is 0. The van der Waals surface area contributed by atoms with E-state index in [-0.39, 0.29) is 5.75 Å². The molecule has 1 aromatic carbocycles. The van der Waals surface area contributed by atoms with Gasteiger partial charge in [0, 0.05) is 17.6 Å². The molecule has 2 rings (SSSR count). The van der Waals surface area contributed by atoms with Gasteiger partial charge in [-0.05, 0) is 19.9 Å². The van der Waals surface area contributed by atoms with E-state index >= 15 is 0 Å². The Morgan fingerprint density at radius 1 is 1.46 bits per heavy atom. The van der Waals surface area contributed by atoms with Crippen LogP contribution in [-0.2, 0) is 6.54 Å². The standard InChI is InChI=1S/C10H12N2O/c1-3-12-7(2)8-5-4-6-9(13)10(8)11-12/h4-6,13H,3H2,1-2H3. The topological polar surface area (TPSA) is 38.0 Å². The van der Waals surface area contributed by atoms with Crippen molar-refractivity contribution in [2.75, 3.05) is 0 Å². The average Bonchev–Trinajstić information content (AvgIpc) is 2.45. The predicted octanol–water partition coefficient (Wildman–Crippen LogP) is 2.07. The lowest BCUT2D eigenvalue weighted by atomic mass is 10.2. The van der Waals surface area contributed by atoms with Gasteiger partial charge in [-0.15, -0.1) is 0 Å². The number of hydrogen-bond donors (Lipinski definition) is 1. The van der Waals surface area contributed by atoms with Crippen LogP contribution in [0.4, 0.5) is 0 Å². The van der Waals surface area contributed by atoms with E-state index in [1.165, 1.54) is 0 Å². The second kappa shape index (κ2) is 2.76. The van der Waals surface area contributed by atoms with Crippen LogP contribution in [0.5, 0.6) is 5.75 Å². The number of nitrogens with zero attached hydrogens (tertiary/aromatic N) is 2. The number of aromatic nitrogens is 2. The second-order valence-electron chi connectivity index (χ2n) is 3.07. The molecule has 68 valence electrons. The molecule has 0 unspecified atom stereocenters. The first kappa shape index (κ1) is 8.10. The highest BCUT2D eigenvalue weighted by molar-refractivity contribution is 5.86. The fourth-order valence-corrected chi connectivity index (χ4v) is 1.57. The Morgan fingerprint density at radius 3 is 2.85 bits per heavy atom.